The highest BCUT2D eigenvalue weighted by molar-refractivity contribution is 5.75. The summed E-state index contributed by atoms with van der Waals surface area (Å²) in [5.41, 5.74) is 3.33. The Morgan fingerprint density at radius 2 is 1.96 bits per heavy atom. The molecule has 1 fully saturated rings. The highest BCUT2D eigenvalue weighted by Gasteiger charge is 2.19. The Balaban J connectivity index is 1.65. The number of morpholine rings is 1. The molecule has 1 unspecified atom stereocenters. The predicted molar refractivity (Wildman–Crippen MR) is 94.4 cm³/mol. The number of anilines is 2. The van der Waals surface area contributed by atoms with Crippen molar-refractivity contribution in [3.05, 3.63) is 36.4 Å². The minimum Gasteiger partial charge on any atom is -0.418 e. The van der Waals surface area contributed by atoms with E-state index in [9.17, 15) is 0 Å². The maximum Gasteiger partial charge on any atom is 0.249 e. The molecule has 0 amide bonds. The Hall–Kier alpha value is -2.60. The van der Waals surface area contributed by atoms with Crippen LogP contribution in [0.15, 0.2) is 40.8 Å². The van der Waals surface area contributed by atoms with Gasteiger partial charge in [-0.3, -0.25) is 0 Å². The van der Waals surface area contributed by atoms with Gasteiger partial charge in [0, 0.05) is 31.4 Å². The number of nitrogens with zero attached hydrogens (tertiary/aromatic N) is 3. The van der Waals surface area contributed by atoms with Crippen LogP contribution in [0.5, 0.6) is 0 Å². The van der Waals surface area contributed by atoms with Gasteiger partial charge in [0.2, 0.25) is 11.6 Å². The monoisotopic (exact) mass is 324 g/mol. The van der Waals surface area contributed by atoms with E-state index in [4.69, 9.17) is 9.15 Å². The lowest BCUT2D eigenvalue weighted by atomic mass is 10.2. The van der Waals surface area contributed by atoms with Crippen molar-refractivity contribution in [2.75, 3.05) is 37.0 Å². The fourth-order valence-electron chi connectivity index (χ4n) is 2.91. The second-order valence-corrected chi connectivity index (χ2v) is 5.97. The minimum absolute atomic E-state index is 0.215. The van der Waals surface area contributed by atoms with Crippen LogP contribution in [-0.2, 0) is 4.74 Å². The summed E-state index contributed by atoms with van der Waals surface area (Å²) in [5, 5.41) is 3.10. The summed E-state index contributed by atoms with van der Waals surface area (Å²) >= 11 is 0. The third kappa shape index (κ3) is 2.80. The molecule has 0 radical (unpaired) electrons. The molecule has 1 aliphatic heterocycles. The molecule has 2 aromatic heterocycles. The Bertz CT molecular complexity index is 844. The van der Waals surface area contributed by atoms with Gasteiger partial charge in [0.15, 0.2) is 0 Å². The maximum atomic E-state index is 5.89. The van der Waals surface area contributed by atoms with Crippen molar-refractivity contribution >= 4 is 22.7 Å². The number of benzene rings is 1. The van der Waals surface area contributed by atoms with E-state index in [0.29, 0.717) is 11.6 Å². The molecular formula is C18H20N4O2. The van der Waals surface area contributed by atoms with Crippen LogP contribution in [0.1, 0.15) is 6.92 Å². The lowest BCUT2D eigenvalue weighted by molar-refractivity contribution is 0.0529. The summed E-state index contributed by atoms with van der Waals surface area (Å²) < 4.78 is 11.5. The van der Waals surface area contributed by atoms with Gasteiger partial charge < -0.3 is 19.4 Å². The zero-order valence-electron chi connectivity index (χ0n) is 13.8. The van der Waals surface area contributed by atoms with Gasteiger partial charge in [-0.2, -0.15) is 4.98 Å². The molecule has 3 aromatic rings. The molecule has 3 heterocycles. The number of nitrogens with one attached hydrogen (secondary N) is 1. The fourth-order valence-corrected chi connectivity index (χ4v) is 2.91. The van der Waals surface area contributed by atoms with Gasteiger partial charge in [0.25, 0.3) is 0 Å². The average molecular weight is 324 g/mol. The second kappa shape index (κ2) is 6.13. The first-order chi connectivity index (χ1) is 11.7. The highest BCUT2D eigenvalue weighted by Crippen LogP contribution is 2.26. The largest absolute Gasteiger partial charge is 0.418 e. The highest BCUT2D eigenvalue weighted by atomic mass is 16.5. The molecule has 1 aromatic carbocycles. The zero-order valence-corrected chi connectivity index (χ0v) is 13.8. The van der Waals surface area contributed by atoms with Crippen LogP contribution >= 0.6 is 0 Å². The third-order valence-corrected chi connectivity index (χ3v) is 4.23. The number of aromatic nitrogens is 2. The number of ether oxygens (including phenoxy) is 1. The zero-order chi connectivity index (χ0) is 16.5. The van der Waals surface area contributed by atoms with E-state index in [-0.39, 0.29) is 6.10 Å². The Labute approximate surface area is 140 Å². The van der Waals surface area contributed by atoms with Crippen molar-refractivity contribution in [2.45, 2.75) is 13.0 Å². The molecule has 1 aliphatic rings. The molecule has 0 bridgehead atoms. The molecule has 0 aliphatic carbocycles. The minimum atomic E-state index is 0.215. The first-order valence-electron chi connectivity index (χ1n) is 8.15. The molecule has 1 atom stereocenters. The second-order valence-electron chi connectivity index (χ2n) is 5.97. The average Bonchev–Trinajstić information content (AvgIpc) is 3.05. The molecule has 6 nitrogen and oxygen atoms in total. The SMILES string of the molecule is CNc1ccc(-c2nc3ccc(N4CCOC(C)C4)nc3o2)cc1. The van der Waals surface area contributed by atoms with Gasteiger partial charge in [-0.25, -0.2) is 4.98 Å². The lowest BCUT2D eigenvalue weighted by Gasteiger charge is -2.31. The first kappa shape index (κ1) is 15.0. The van der Waals surface area contributed by atoms with Gasteiger partial charge in [-0.05, 0) is 43.3 Å². The molecule has 6 heteroatoms. The number of fused-ring (bicyclic) bond motifs is 1. The van der Waals surface area contributed by atoms with Crippen molar-refractivity contribution in [3.8, 4) is 11.5 Å². The van der Waals surface area contributed by atoms with Crippen LogP contribution in [0.4, 0.5) is 11.5 Å². The van der Waals surface area contributed by atoms with E-state index < -0.39 is 0 Å². The van der Waals surface area contributed by atoms with Crippen molar-refractivity contribution < 1.29 is 9.15 Å². The third-order valence-electron chi connectivity index (χ3n) is 4.23. The Morgan fingerprint density at radius 1 is 1.12 bits per heavy atom. The molecule has 124 valence electrons. The summed E-state index contributed by atoms with van der Waals surface area (Å²) in [5.74, 6) is 1.50. The number of pyridine rings is 1. The van der Waals surface area contributed by atoms with Gasteiger partial charge in [-0.1, -0.05) is 0 Å². The molecule has 24 heavy (non-hydrogen) atoms. The molecular weight excluding hydrogens is 304 g/mol. The van der Waals surface area contributed by atoms with E-state index in [1.54, 1.807) is 0 Å². The van der Waals surface area contributed by atoms with E-state index in [1.165, 1.54) is 0 Å². The van der Waals surface area contributed by atoms with Crippen molar-refractivity contribution in [1.82, 2.24) is 9.97 Å². The van der Waals surface area contributed by atoms with Gasteiger partial charge >= 0.3 is 0 Å². The van der Waals surface area contributed by atoms with Gasteiger partial charge in [-0.15, -0.1) is 0 Å². The lowest BCUT2D eigenvalue weighted by Crippen LogP contribution is -2.41. The number of rotatable bonds is 3. The van der Waals surface area contributed by atoms with Crippen LogP contribution in [0, 0.1) is 0 Å². The van der Waals surface area contributed by atoms with Crippen molar-refractivity contribution in [1.29, 1.82) is 0 Å². The Morgan fingerprint density at radius 3 is 2.71 bits per heavy atom. The van der Waals surface area contributed by atoms with E-state index in [1.807, 2.05) is 43.4 Å². The van der Waals surface area contributed by atoms with E-state index >= 15 is 0 Å². The number of hydrogen-bond acceptors (Lipinski definition) is 6. The standard InChI is InChI=1S/C18H20N4O2/c1-12-11-22(9-10-23-12)16-8-7-15-18(21-16)24-17(20-15)13-3-5-14(19-2)6-4-13/h3-8,12,19H,9-11H2,1-2H3. The molecule has 0 saturated carbocycles. The van der Waals surface area contributed by atoms with E-state index in [2.05, 4.69) is 27.1 Å². The van der Waals surface area contributed by atoms with Gasteiger partial charge in [0.05, 0.1) is 12.7 Å². The smallest absolute Gasteiger partial charge is 0.249 e. The molecule has 0 spiro atoms. The van der Waals surface area contributed by atoms with Crippen LogP contribution in [0.2, 0.25) is 0 Å². The summed E-state index contributed by atoms with van der Waals surface area (Å²) in [6, 6.07) is 11.9. The summed E-state index contributed by atoms with van der Waals surface area (Å²) in [4.78, 5) is 11.4. The maximum absolute atomic E-state index is 5.89. The number of oxazole rings is 1. The summed E-state index contributed by atoms with van der Waals surface area (Å²) in [7, 11) is 1.90. The van der Waals surface area contributed by atoms with Crippen molar-refractivity contribution in [2.24, 2.45) is 0 Å². The van der Waals surface area contributed by atoms with Crippen LogP contribution in [-0.4, -0.2) is 42.8 Å². The molecule has 1 saturated heterocycles. The first-order valence-corrected chi connectivity index (χ1v) is 8.15. The van der Waals surface area contributed by atoms with Crippen molar-refractivity contribution in [3.63, 3.8) is 0 Å². The quantitative estimate of drug-likeness (QED) is 0.798. The summed E-state index contributed by atoms with van der Waals surface area (Å²) in [6.07, 6.45) is 0.215. The predicted octanol–water partition coefficient (Wildman–Crippen LogP) is 3.16. The fraction of sp³-hybridized carbons (Fsp3) is 0.333. The summed E-state index contributed by atoms with van der Waals surface area (Å²) in [6.45, 7) is 4.48. The molecule has 4 rings (SSSR count). The van der Waals surface area contributed by atoms with Gasteiger partial charge in [0.1, 0.15) is 11.3 Å². The van der Waals surface area contributed by atoms with E-state index in [0.717, 1.165) is 42.3 Å². The normalized spacial score (nSPS) is 18.1. The topological polar surface area (TPSA) is 63.4 Å². The Kier molecular flexibility index (Phi) is 3.82. The van der Waals surface area contributed by atoms with Crippen LogP contribution in [0.3, 0.4) is 0 Å². The van der Waals surface area contributed by atoms with Crippen LogP contribution in [0.25, 0.3) is 22.7 Å². The number of hydrogen-bond donors (Lipinski definition) is 1. The molecule has 1 N–H and O–H groups in total. The van der Waals surface area contributed by atoms with Crippen LogP contribution < -0.4 is 10.2 Å².